The molecule has 7 nitrogen and oxygen atoms in total. The number of urea groups is 1. The van der Waals surface area contributed by atoms with E-state index in [2.05, 4.69) is 15.6 Å². The number of oxazole rings is 1. The highest BCUT2D eigenvalue weighted by atomic mass is 32.2. The molecule has 0 saturated heterocycles. The van der Waals surface area contributed by atoms with Crippen LogP contribution in [0.1, 0.15) is 13.8 Å². The van der Waals surface area contributed by atoms with Gasteiger partial charge in [0.25, 0.3) is 0 Å². The molecule has 3 rings (SSSR count). The van der Waals surface area contributed by atoms with Crippen molar-refractivity contribution in [1.82, 2.24) is 10.3 Å². The van der Waals surface area contributed by atoms with Crippen LogP contribution < -0.4 is 10.6 Å². The molecule has 0 fully saturated rings. The minimum Gasteiger partial charge on any atom is -0.436 e. The van der Waals surface area contributed by atoms with Gasteiger partial charge >= 0.3 is 6.03 Å². The SMILES string of the molecule is CCNC(=O)Nc1cccc(-c2nc3cc(S(=O)(=O)CC)ccc3o2)c1. The van der Waals surface area contributed by atoms with Gasteiger partial charge in [0.1, 0.15) is 5.52 Å². The van der Waals surface area contributed by atoms with Gasteiger partial charge in [-0.2, -0.15) is 0 Å². The van der Waals surface area contributed by atoms with Crippen molar-refractivity contribution in [3.05, 3.63) is 42.5 Å². The fourth-order valence-electron chi connectivity index (χ4n) is 2.46. The molecule has 0 unspecified atom stereocenters. The van der Waals surface area contributed by atoms with Crippen LogP contribution >= 0.6 is 0 Å². The molecule has 0 saturated carbocycles. The van der Waals surface area contributed by atoms with Crippen molar-refractivity contribution in [3.8, 4) is 11.5 Å². The first-order chi connectivity index (χ1) is 12.4. The summed E-state index contributed by atoms with van der Waals surface area (Å²) in [5, 5.41) is 5.38. The Hall–Kier alpha value is -2.87. The van der Waals surface area contributed by atoms with Crippen LogP contribution in [-0.2, 0) is 9.84 Å². The number of amides is 2. The first-order valence-corrected chi connectivity index (χ1v) is 9.87. The summed E-state index contributed by atoms with van der Waals surface area (Å²) in [7, 11) is -3.31. The molecule has 1 heterocycles. The molecule has 0 aliphatic heterocycles. The van der Waals surface area contributed by atoms with Gasteiger partial charge < -0.3 is 15.1 Å². The standard InChI is InChI=1S/C18H19N3O4S/c1-3-19-18(22)20-13-7-5-6-12(10-13)17-21-15-11-14(26(23,24)4-2)8-9-16(15)25-17/h5-11H,3-4H2,1-2H3,(H2,19,20,22). The van der Waals surface area contributed by atoms with Crippen LogP contribution in [0.2, 0.25) is 0 Å². The van der Waals surface area contributed by atoms with Crippen LogP contribution in [-0.4, -0.2) is 31.7 Å². The molecular formula is C18H19N3O4S. The van der Waals surface area contributed by atoms with Crippen molar-refractivity contribution >= 4 is 32.7 Å². The van der Waals surface area contributed by atoms with Crippen molar-refractivity contribution in [3.63, 3.8) is 0 Å². The lowest BCUT2D eigenvalue weighted by Gasteiger charge is -2.06. The first-order valence-electron chi connectivity index (χ1n) is 8.21. The summed E-state index contributed by atoms with van der Waals surface area (Å²) in [5.41, 5.74) is 2.24. The topological polar surface area (TPSA) is 101 Å². The number of nitrogens with zero attached hydrogens (tertiary/aromatic N) is 1. The molecule has 0 bridgehead atoms. The Bertz CT molecular complexity index is 1060. The van der Waals surface area contributed by atoms with Crippen LogP contribution in [0.15, 0.2) is 51.8 Å². The average molecular weight is 373 g/mol. The maximum Gasteiger partial charge on any atom is 0.319 e. The van der Waals surface area contributed by atoms with Crippen molar-refractivity contribution in [2.45, 2.75) is 18.7 Å². The van der Waals surface area contributed by atoms with E-state index in [0.29, 0.717) is 34.8 Å². The number of sulfone groups is 1. The van der Waals surface area contributed by atoms with E-state index in [0.717, 1.165) is 0 Å². The van der Waals surface area contributed by atoms with Gasteiger partial charge in [-0.25, -0.2) is 18.2 Å². The normalized spacial score (nSPS) is 11.5. The third-order valence-corrected chi connectivity index (χ3v) is 5.54. The number of carbonyl (C=O) groups is 1. The molecule has 2 aromatic carbocycles. The molecule has 0 aliphatic carbocycles. The van der Waals surface area contributed by atoms with E-state index in [9.17, 15) is 13.2 Å². The molecule has 0 aliphatic rings. The number of fused-ring (bicyclic) bond motifs is 1. The number of rotatable bonds is 5. The molecule has 26 heavy (non-hydrogen) atoms. The number of nitrogens with one attached hydrogen (secondary N) is 2. The van der Waals surface area contributed by atoms with Gasteiger partial charge in [0, 0.05) is 17.8 Å². The summed E-state index contributed by atoms with van der Waals surface area (Å²) >= 11 is 0. The van der Waals surface area contributed by atoms with E-state index in [1.54, 1.807) is 37.3 Å². The van der Waals surface area contributed by atoms with Gasteiger partial charge in [0.15, 0.2) is 15.4 Å². The highest BCUT2D eigenvalue weighted by Gasteiger charge is 2.15. The summed E-state index contributed by atoms with van der Waals surface area (Å²) in [6.45, 7) is 3.96. The Labute approximate surface area is 151 Å². The average Bonchev–Trinajstić information content (AvgIpc) is 3.05. The minimum atomic E-state index is -3.31. The van der Waals surface area contributed by atoms with Gasteiger partial charge in [-0.3, -0.25) is 0 Å². The van der Waals surface area contributed by atoms with E-state index in [1.807, 2.05) is 6.92 Å². The van der Waals surface area contributed by atoms with Crippen LogP contribution in [0, 0.1) is 0 Å². The lowest BCUT2D eigenvalue weighted by molar-refractivity contribution is 0.252. The third kappa shape index (κ3) is 3.70. The lowest BCUT2D eigenvalue weighted by atomic mass is 10.2. The molecule has 0 spiro atoms. The van der Waals surface area contributed by atoms with Gasteiger partial charge in [-0.15, -0.1) is 0 Å². The maximum absolute atomic E-state index is 12.0. The molecule has 0 radical (unpaired) electrons. The van der Waals surface area contributed by atoms with Gasteiger partial charge in [0.05, 0.1) is 10.6 Å². The van der Waals surface area contributed by atoms with Crippen molar-refractivity contribution in [2.24, 2.45) is 0 Å². The maximum atomic E-state index is 12.0. The summed E-state index contributed by atoms with van der Waals surface area (Å²) in [5.74, 6) is 0.377. The number of hydrogen-bond acceptors (Lipinski definition) is 5. The highest BCUT2D eigenvalue weighted by Crippen LogP contribution is 2.27. The van der Waals surface area contributed by atoms with E-state index >= 15 is 0 Å². The van der Waals surface area contributed by atoms with Crippen molar-refractivity contribution < 1.29 is 17.6 Å². The molecule has 136 valence electrons. The largest absolute Gasteiger partial charge is 0.436 e. The Morgan fingerprint density at radius 2 is 1.96 bits per heavy atom. The summed E-state index contributed by atoms with van der Waals surface area (Å²) in [4.78, 5) is 16.3. The highest BCUT2D eigenvalue weighted by molar-refractivity contribution is 7.91. The van der Waals surface area contributed by atoms with Gasteiger partial charge in [0.2, 0.25) is 5.89 Å². The summed E-state index contributed by atoms with van der Waals surface area (Å²) in [6, 6.07) is 11.4. The fraction of sp³-hybridized carbons (Fsp3) is 0.222. The number of hydrogen-bond donors (Lipinski definition) is 2. The molecular weight excluding hydrogens is 354 g/mol. The monoisotopic (exact) mass is 373 g/mol. The predicted molar refractivity (Wildman–Crippen MR) is 99.9 cm³/mol. The first kappa shape index (κ1) is 17.9. The van der Waals surface area contributed by atoms with E-state index in [1.165, 1.54) is 12.1 Å². The molecule has 8 heteroatoms. The molecule has 2 amide bonds. The molecule has 0 atom stereocenters. The number of benzene rings is 2. The Morgan fingerprint density at radius 1 is 1.15 bits per heavy atom. The number of carbonyl (C=O) groups excluding carboxylic acids is 1. The second-order valence-corrected chi connectivity index (χ2v) is 7.90. The third-order valence-electron chi connectivity index (χ3n) is 3.80. The van der Waals surface area contributed by atoms with Gasteiger partial charge in [-0.05, 0) is 43.3 Å². The lowest BCUT2D eigenvalue weighted by Crippen LogP contribution is -2.28. The number of anilines is 1. The van der Waals surface area contributed by atoms with Crippen LogP contribution in [0.5, 0.6) is 0 Å². The second-order valence-electron chi connectivity index (χ2n) is 5.62. The Balaban J connectivity index is 1.94. The zero-order chi connectivity index (χ0) is 18.7. The zero-order valence-corrected chi connectivity index (χ0v) is 15.3. The predicted octanol–water partition coefficient (Wildman–Crippen LogP) is 3.43. The van der Waals surface area contributed by atoms with Gasteiger partial charge in [-0.1, -0.05) is 13.0 Å². The Kier molecular flexibility index (Phi) is 4.94. The second kappa shape index (κ2) is 7.17. The van der Waals surface area contributed by atoms with Crippen LogP contribution in [0.4, 0.5) is 10.5 Å². The molecule has 2 N–H and O–H groups in total. The number of aromatic nitrogens is 1. The Morgan fingerprint density at radius 3 is 2.69 bits per heavy atom. The van der Waals surface area contributed by atoms with E-state index in [4.69, 9.17) is 4.42 Å². The molecule has 1 aromatic heterocycles. The quantitative estimate of drug-likeness (QED) is 0.713. The fourth-order valence-corrected chi connectivity index (χ4v) is 3.36. The van der Waals surface area contributed by atoms with Crippen LogP contribution in [0.3, 0.4) is 0 Å². The summed E-state index contributed by atoms with van der Waals surface area (Å²) < 4.78 is 29.8. The van der Waals surface area contributed by atoms with Crippen molar-refractivity contribution in [1.29, 1.82) is 0 Å². The van der Waals surface area contributed by atoms with E-state index in [-0.39, 0.29) is 16.7 Å². The smallest absolute Gasteiger partial charge is 0.319 e. The zero-order valence-electron chi connectivity index (χ0n) is 14.4. The van der Waals surface area contributed by atoms with Crippen molar-refractivity contribution in [2.75, 3.05) is 17.6 Å². The van der Waals surface area contributed by atoms with E-state index < -0.39 is 9.84 Å². The van der Waals surface area contributed by atoms with Crippen LogP contribution in [0.25, 0.3) is 22.6 Å². The summed E-state index contributed by atoms with van der Waals surface area (Å²) in [6.07, 6.45) is 0. The minimum absolute atomic E-state index is 0.0246. The molecule has 3 aromatic rings.